The quantitative estimate of drug-likeness (QED) is 0.268. The first kappa shape index (κ1) is 17.9. The first-order chi connectivity index (χ1) is 10.4. The third-order valence-electron chi connectivity index (χ3n) is 3.86. The Bertz CT molecular complexity index is 353. The van der Waals surface area contributed by atoms with E-state index in [1.165, 1.54) is 0 Å². The van der Waals surface area contributed by atoms with Gasteiger partial charge in [-0.3, -0.25) is 0 Å². The van der Waals surface area contributed by atoms with Crippen molar-refractivity contribution in [3.63, 3.8) is 0 Å². The Morgan fingerprint density at radius 2 is 1.45 bits per heavy atom. The van der Waals surface area contributed by atoms with Gasteiger partial charge < -0.3 is 50.0 Å². The number of aliphatic hydroxyl groups is 7. The summed E-state index contributed by atoms with van der Waals surface area (Å²) in [4.78, 5) is 0. The molecule has 2 aliphatic heterocycles. The summed E-state index contributed by atoms with van der Waals surface area (Å²) in [5.41, 5.74) is 0. The minimum Gasteiger partial charge on any atom is -0.394 e. The van der Waals surface area contributed by atoms with Crippen LogP contribution in [-0.4, -0.2) is 104 Å². The van der Waals surface area contributed by atoms with Crippen molar-refractivity contribution in [2.24, 2.45) is 0 Å². The smallest absolute Gasteiger partial charge is 0.184 e. The van der Waals surface area contributed by atoms with Crippen LogP contribution in [0.5, 0.6) is 0 Å². The van der Waals surface area contributed by atoms with Crippen LogP contribution in [0.2, 0.25) is 0 Å². The Labute approximate surface area is 126 Å². The maximum Gasteiger partial charge on any atom is 0.184 e. The molecule has 1 unspecified atom stereocenters. The molecule has 0 saturated carbocycles. The molecule has 10 nitrogen and oxygen atoms in total. The van der Waals surface area contributed by atoms with E-state index in [9.17, 15) is 30.6 Å². The molecular formula is C12H22O10. The molecule has 22 heavy (non-hydrogen) atoms. The van der Waals surface area contributed by atoms with Gasteiger partial charge in [0.2, 0.25) is 0 Å². The molecule has 0 bridgehead atoms. The second-order valence-electron chi connectivity index (χ2n) is 5.41. The van der Waals surface area contributed by atoms with Crippen molar-refractivity contribution < 1.29 is 50.0 Å². The molecule has 0 radical (unpaired) electrons. The standard InChI is InChI=1S/C12H22O10/c13-2-5-8(16)4(15)1-7(20-5)22-11-6(3-14)21-12(19)10(18)9(11)17/h4-19H,1-3H2/t4-,5-,6-,7+,8+,9-,10-,11-,12?/m1/s1. The minimum atomic E-state index is -1.67. The highest BCUT2D eigenvalue weighted by atomic mass is 16.7. The van der Waals surface area contributed by atoms with E-state index in [1.54, 1.807) is 0 Å². The van der Waals surface area contributed by atoms with Gasteiger partial charge in [0.1, 0.15) is 36.6 Å². The van der Waals surface area contributed by atoms with Gasteiger partial charge in [-0.2, -0.15) is 0 Å². The molecule has 7 N–H and O–H groups in total. The molecule has 0 amide bonds. The van der Waals surface area contributed by atoms with E-state index < -0.39 is 68.5 Å². The molecule has 0 aromatic carbocycles. The lowest BCUT2D eigenvalue weighted by molar-refractivity contribution is -0.336. The van der Waals surface area contributed by atoms with E-state index >= 15 is 0 Å². The molecule has 10 heteroatoms. The van der Waals surface area contributed by atoms with Crippen LogP contribution in [0, 0.1) is 0 Å². The first-order valence-electron chi connectivity index (χ1n) is 6.97. The second-order valence-corrected chi connectivity index (χ2v) is 5.41. The highest BCUT2D eigenvalue weighted by Crippen LogP contribution is 2.28. The van der Waals surface area contributed by atoms with E-state index in [0.717, 1.165) is 0 Å². The molecule has 2 fully saturated rings. The van der Waals surface area contributed by atoms with Crippen LogP contribution in [0.15, 0.2) is 0 Å². The summed E-state index contributed by atoms with van der Waals surface area (Å²) < 4.78 is 15.6. The lowest BCUT2D eigenvalue weighted by Crippen LogP contribution is -2.61. The zero-order valence-corrected chi connectivity index (χ0v) is 11.7. The van der Waals surface area contributed by atoms with Crippen LogP contribution < -0.4 is 0 Å². The largest absolute Gasteiger partial charge is 0.394 e. The van der Waals surface area contributed by atoms with Crippen molar-refractivity contribution in [3.8, 4) is 0 Å². The average Bonchev–Trinajstić information content (AvgIpc) is 2.50. The molecule has 2 heterocycles. The zero-order valence-electron chi connectivity index (χ0n) is 11.7. The Balaban J connectivity index is 2.04. The second kappa shape index (κ2) is 7.45. The highest BCUT2D eigenvalue weighted by molar-refractivity contribution is 4.91. The van der Waals surface area contributed by atoms with Gasteiger partial charge in [-0.1, -0.05) is 0 Å². The van der Waals surface area contributed by atoms with Gasteiger partial charge in [0.15, 0.2) is 12.6 Å². The molecule has 0 spiro atoms. The van der Waals surface area contributed by atoms with Gasteiger partial charge in [0.05, 0.1) is 19.3 Å². The van der Waals surface area contributed by atoms with Crippen molar-refractivity contribution >= 4 is 0 Å². The number of ether oxygens (including phenoxy) is 3. The fourth-order valence-electron chi connectivity index (χ4n) is 2.56. The van der Waals surface area contributed by atoms with Crippen molar-refractivity contribution in [2.45, 2.75) is 61.7 Å². The van der Waals surface area contributed by atoms with E-state index in [0.29, 0.717) is 0 Å². The topological polar surface area (TPSA) is 169 Å². The fourth-order valence-corrected chi connectivity index (χ4v) is 2.56. The normalized spacial score (nSPS) is 50.0. The van der Waals surface area contributed by atoms with Crippen LogP contribution in [0.1, 0.15) is 6.42 Å². The summed E-state index contributed by atoms with van der Waals surface area (Å²) in [7, 11) is 0. The van der Waals surface area contributed by atoms with Crippen LogP contribution >= 0.6 is 0 Å². The summed E-state index contributed by atoms with van der Waals surface area (Å²) in [6, 6.07) is 0. The molecule has 9 atom stereocenters. The maximum atomic E-state index is 9.94. The fraction of sp³-hybridized carbons (Fsp3) is 1.00. The number of hydrogen-bond acceptors (Lipinski definition) is 10. The molecule has 130 valence electrons. The zero-order chi connectivity index (χ0) is 16.4. The monoisotopic (exact) mass is 326 g/mol. The summed E-state index contributed by atoms with van der Waals surface area (Å²) in [6.45, 7) is -1.14. The average molecular weight is 326 g/mol. The minimum absolute atomic E-state index is 0.141. The van der Waals surface area contributed by atoms with E-state index in [-0.39, 0.29) is 6.42 Å². The SMILES string of the molecule is OC[C@H]1O[C@@H](O[C@H]2[C@H](O)[C@@H](O)C(O)O[C@@H]2CO)C[C@@H](O)[C@@H]1O. The van der Waals surface area contributed by atoms with Gasteiger partial charge in [-0.25, -0.2) is 0 Å². The molecule has 0 aromatic heterocycles. The van der Waals surface area contributed by atoms with Crippen molar-refractivity contribution in [2.75, 3.05) is 13.2 Å². The predicted octanol–water partition coefficient (Wildman–Crippen LogP) is -4.37. The van der Waals surface area contributed by atoms with E-state index in [4.69, 9.17) is 19.3 Å². The van der Waals surface area contributed by atoms with Crippen molar-refractivity contribution in [3.05, 3.63) is 0 Å². The van der Waals surface area contributed by atoms with Crippen LogP contribution in [0.25, 0.3) is 0 Å². The number of hydrogen-bond donors (Lipinski definition) is 7. The predicted molar refractivity (Wildman–Crippen MR) is 67.2 cm³/mol. The Morgan fingerprint density at radius 1 is 0.818 bits per heavy atom. The van der Waals surface area contributed by atoms with Gasteiger partial charge in [-0.15, -0.1) is 0 Å². The third-order valence-corrected chi connectivity index (χ3v) is 3.86. The molecule has 2 rings (SSSR count). The van der Waals surface area contributed by atoms with Gasteiger partial charge in [0.25, 0.3) is 0 Å². The summed E-state index contributed by atoms with van der Waals surface area (Å²) >= 11 is 0. The van der Waals surface area contributed by atoms with Gasteiger partial charge in [0, 0.05) is 6.42 Å². The summed E-state index contributed by atoms with van der Waals surface area (Å²) in [5.74, 6) is 0. The lowest BCUT2D eigenvalue weighted by atomic mass is 9.98. The molecule has 2 aliphatic rings. The summed E-state index contributed by atoms with van der Waals surface area (Å²) in [5, 5.41) is 66.6. The van der Waals surface area contributed by atoms with Crippen LogP contribution in [0.3, 0.4) is 0 Å². The van der Waals surface area contributed by atoms with Crippen molar-refractivity contribution in [1.29, 1.82) is 0 Å². The van der Waals surface area contributed by atoms with Crippen LogP contribution in [0.4, 0.5) is 0 Å². The van der Waals surface area contributed by atoms with Crippen LogP contribution in [-0.2, 0) is 14.2 Å². The van der Waals surface area contributed by atoms with E-state index in [2.05, 4.69) is 0 Å². The number of aliphatic hydroxyl groups excluding tert-OH is 7. The Kier molecular flexibility index (Phi) is 6.07. The Hall–Kier alpha value is -0.400. The molecular weight excluding hydrogens is 304 g/mol. The summed E-state index contributed by atoms with van der Waals surface area (Å²) in [6.07, 6.45) is -12.0. The number of rotatable bonds is 4. The molecule has 2 saturated heterocycles. The van der Waals surface area contributed by atoms with E-state index in [1.807, 2.05) is 0 Å². The van der Waals surface area contributed by atoms with Gasteiger partial charge >= 0.3 is 0 Å². The third kappa shape index (κ3) is 3.57. The van der Waals surface area contributed by atoms with Gasteiger partial charge in [-0.05, 0) is 0 Å². The lowest BCUT2D eigenvalue weighted by Gasteiger charge is -2.43. The Morgan fingerprint density at radius 3 is 2.05 bits per heavy atom. The highest BCUT2D eigenvalue weighted by Gasteiger charge is 2.47. The molecule has 0 aliphatic carbocycles. The maximum absolute atomic E-state index is 9.94. The first-order valence-corrected chi connectivity index (χ1v) is 6.97. The van der Waals surface area contributed by atoms with Crippen molar-refractivity contribution in [1.82, 2.24) is 0 Å². The molecule has 0 aromatic rings.